The van der Waals surface area contributed by atoms with Crippen molar-refractivity contribution in [2.24, 2.45) is 0 Å². The van der Waals surface area contributed by atoms with Gasteiger partial charge in [0, 0.05) is 16.6 Å². The highest BCUT2D eigenvalue weighted by molar-refractivity contribution is 9.10. The summed E-state index contributed by atoms with van der Waals surface area (Å²) in [5.74, 6) is 1.39. The number of halogens is 2. The molecule has 0 aliphatic carbocycles. The van der Waals surface area contributed by atoms with E-state index in [0.29, 0.717) is 12.5 Å². The van der Waals surface area contributed by atoms with Gasteiger partial charge in [0.25, 0.3) is 5.56 Å². The van der Waals surface area contributed by atoms with E-state index in [4.69, 9.17) is 16.3 Å². The third-order valence-corrected chi connectivity index (χ3v) is 4.30. The lowest BCUT2D eigenvalue weighted by Gasteiger charge is -2.14. The van der Waals surface area contributed by atoms with Crippen LogP contribution in [-0.4, -0.2) is 16.8 Å². The summed E-state index contributed by atoms with van der Waals surface area (Å²) in [5, 5.41) is 0.233. The van der Waals surface area contributed by atoms with Gasteiger partial charge in [0.15, 0.2) is 0 Å². The van der Waals surface area contributed by atoms with Crippen LogP contribution >= 0.6 is 39.3 Å². The van der Waals surface area contributed by atoms with Crippen molar-refractivity contribution < 1.29 is 4.74 Å². The normalized spacial score (nSPS) is 10.7. The lowest BCUT2D eigenvalue weighted by atomic mass is 10.1. The second-order valence-corrected chi connectivity index (χ2v) is 6.38. The van der Waals surface area contributed by atoms with E-state index in [1.54, 1.807) is 22.4 Å². The zero-order valence-corrected chi connectivity index (χ0v) is 14.9. The Morgan fingerprint density at radius 1 is 1.33 bits per heavy atom. The summed E-state index contributed by atoms with van der Waals surface area (Å²) in [6.45, 7) is 2.48. The molecule has 0 fully saturated rings. The van der Waals surface area contributed by atoms with Crippen LogP contribution in [0, 0.1) is 0 Å². The number of hydrogen-bond donors (Lipinski definition) is 0. The molecule has 0 radical (unpaired) electrons. The van der Waals surface area contributed by atoms with Crippen LogP contribution in [0.1, 0.15) is 6.92 Å². The molecular weight excluding hydrogens is 374 g/mol. The monoisotopic (exact) mass is 387 g/mol. The fourth-order valence-electron chi connectivity index (χ4n) is 2.02. The molecule has 0 saturated heterocycles. The minimum Gasteiger partial charge on any atom is -0.483 e. The maximum Gasteiger partial charge on any atom is 0.269 e. The SMILES string of the molecule is CCn1c(-c2ccc(OCSC)cc2Br)ccc(Cl)c1=O. The van der Waals surface area contributed by atoms with Gasteiger partial charge >= 0.3 is 0 Å². The van der Waals surface area contributed by atoms with E-state index in [-0.39, 0.29) is 10.6 Å². The highest BCUT2D eigenvalue weighted by Gasteiger charge is 2.11. The van der Waals surface area contributed by atoms with Crippen molar-refractivity contribution in [3.05, 3.63) is 50.2 Å². The first-order valence-electron chi connectivity index (χ1n) is 6.39. The van der Waals surface area contributed by atoms with Gasteiger partial charge in [0.05, 0.1) is 5.69 Å². The highest BCUT2D eigenvalue weighted by Crippen LogP contribution is 2.31. The van der Waals surface area contributed by atoms with Crippen molar-refractivity contribution in [2.45, 2.75) is 13.5 Å². The number of pyridine rings is 1. The van der Waals surface area contributed by atoms with Crippen LogP contribution in [0.25, 0.3) is 11.3 Å². The van der Waals surface area contributed by atoms with Crippen LogP contribution in [0.3, 0.4) is 0 Å². The molecule has 2 aromatic rings. The minimum atomic E-state index is -0.175. The largest absolute Gasteiger partial charge is 0.483 e. The molecule has 1 heterocycles. The number of hydrogen-bond acceptors (Lipinski definition) is 3. The van der Waals surface area contributed by atoms with E-state index in [2.05, 4.69) is 15.9 Å². The number of rotatable bonds is 5. The Morgan fingerprint density at radius 2 is 2.10 bits per heavy atom. The molecule has 1 aromatic carbocycles. The van der Waals surface area contributed by atoms with Crippen LogP contribution in [0.4, 0.5) is 0 Å². The van der Waals surface area contributed by atoms with Crippen molar-refractivity contribution in [2.75, 3.05) is 12.2 Å². The van der Waals surface area contributed by atoms with Crippen molar-refractivity contribution >= 4 is 39.3 Å². The van der Waals surface area contributed by atoms with Gasteiger partial charge in [0.2, 0.25) is 0 Å². The molecule has 0 amide bonds. The number of benzene rings is 1. The fraction of sp³-hybridized carbons (Fsp3) is 0.267. The van der Waals surface area contributed by atoms with E-state index in [9.17, 15) is 4.79 Å². The molecule has 0 atom stereocenters. The summed E-state index contributed by atoms with van der Waals surface area (Å²) < 4.78 is 8.11. The summed E-state index contributed by atoms with van der Waals surface area (Å²) >= 11 is 11.1. The Hall–Kier alpha value is -0.910. The van der Waals surface area contributed by atoms with Gasteiger partial charge < -0.3 is 9.30 Å². The summed E-state index contributed by atoms with van der Waals surface area (Å²) in [7, 11) is 0. The lowest BCUT2D eigenvalue weighted by molar-refractivity contribution is 0.393. The maximum absolute atomic E-state index is 12.1. The van der Waals surface area contributed by atoms with Crippen molar-refractivity contribution in [1.82, 2.24) is 4.57 Å². The summed E-state index contributed by atoms with van der Waals surface area (Å²) in [6, 6.07) is 9.24. The highest BCUT2D eigenvalue weighted by atomic mass is 79.9. The lowest BCUT2D eigenvalue weighted by Crippen LogP contribution is -2.21. The standard InChI is InChI=1S/C15H15BrClNO2S/c1-3-18-14(7-6-13(17)15(18)19)11-5-4-10(8-12(11)16)20-9-21-2/h4-8H,3,9H2,1-2H3. The quantitative estimate of drug-likeness (QED) is 0.699. The zero-order valence-electron chi connectivity index (χ0n) is 11.7. The first-order valence-corrected chi connectivity index (χ1v) is 8.96. The Bertz CT molecular complexity index is 703. The van der Waals surface area contributed by atoms with Crippen molar-refractivity contribution in [3.8, 4) is 17.0 Å². The van der Waals surface area contributed by atoms with Gasteiger partial charge in [-0.05, 0) is 59.4 Å². The number of aromatic nitrogens is 1. The van der Waals surface area contributed by atoms with Crippen molar-refractivity contribution in [3.63, 3.8) is 0 Å². The number of nitrogens with zero attached hydrogens (tertiary/aromatic N) is 1. The Balaban J connectivity index is 2.48. The van der Waals surface area contributed by atoms with Crippen LogP contribution in [0.2, 0.25) is 5.02 Å². The predicted octanol–water partition coefficient (Wildman–Crippen LogP) is 4.65. The van der Waals surface area contributed by atoms with E-state index >= 15 is 0 Å². The second kappa shape index (κ2) is 7.38. The molecule has 1 aromatic heterocycles. The van der Waals surface area contributed by atoms with Crippen LogP contribution in [-0.2, 0) is 6.54 Å². The van der Waals surface area contributed by atoms with Crippen LogP contribution in [0.5, 0.6) is 5.75 Å². The minimum absolute atomic E-state index is 0.175. The molecule has 2 rings (SSSR count). The molecule has 0 spiro atoms. The van der Waals surface area contributed by atoms with Gasteiger partial charge in [-0.2, -0.15) is 0 Å². The number of thioether (sulfide) groups is 1. The van der Waals surface area contributed by atoms with E-state index in [1.165, 1.54) is 0 Å². The topological polar surface area (TPSA) is 31.2 Å². The van der Waals surface area contributed by atoms with Crippen LogP contribution in [0.15, 0.2) is 39.6 Å². The van der Waals surface area contributed by atoms with Gasteiger partial charge in [0.1, 0.15) is 16.7 Å². The number of ether oxygens (including phenoxy) is 1. The Kier molecular flexibility index (Phi) is 5.79. The molecule has 0 aliphatic rings. The molecular formula is C15H15BrClNO2S. The molecule has 6 heteroatoms. The summed E-state index contributed by atoms with van der Waals surface area (Å²) in [6.07, 6.45) is 1.98. The average molecular weight is 389 g/mol. The smallest absolute Gasteiger partial charge is 0.269 e. The third-order valence-electron chi connectivity index (χ3n) is 3.00. The second-order valence-electron chi connectivity index (χ2n) is 4.31. The first-order chi connectivity index (χ1) is 10.1. The molecule has 112 valence electrons. The summed E-state index contributed by atoms with van der Waals surface area (Å²) in [4.78, 5) is 12.1. The van der Waals surface area contributed by atoms with E-state index < -0.39 is 0 Å². The average Bonchev–Trinajstić information content (AvgIpc) is 2.48. The maximum atomic E-state index is 12.1. The van der Waals surface area contributed by atoms with Gasteiger partial charge in [-0.3, -0.25) is 4.79 Å². The van der Waals surface area contributed by atoms with Gasteiger partial charge in [-0.15, -0.1) is 11.8 Å². The molecule has 21 heavy (non-hydrogen) atoms. The molecule has 3 nitrogen and oxygen atoms in total. The van der Waals surface area contributed by atoms with Gasteiger partial charge in [-0.25, -0.2) is 0 Å². The van der Waals surface area contributed by atoms with Crippen molar-refractivity contribution in [1.29, 1.82) is 0 Å². The molecule has 0 saturated carbocycles. The third kappa shape index (κ3) is 3.65. The van der Waals surface area contributed by atoms with Gasteiger partial charge in [-0.1, -0.05) is 11.6 Å². The van der Waals surface area contributed by atoms with E-state index in [0.717, 1.165) is 21.5 Å². The summed E-state index contributed by atoms with van der Waals surface area (Å²) in [5.41, 5.74) is 1.59. The molecule has 0 bridgehead atoms. The predicted molar refractivity (Wildman–Crippen MR) is 93.5 cm³/mol. The molecule has 0 N–H and O–H groups in total. The fourth-order valence-corrected chi connectivity index (χ4v) is 3.00. The molecule has 0 unspecified atom stereocenters. The Labute approximate surface area is 141 Å². The first kappa shape index (κ1) is 16.5. The Morgan fingerprint density at radius 3 is 2.71 bits per heavy atom. The van der Waals surface area contributed by atoms with E-state index in [1.807, 2.05) is 37.4 Å². The zero-order chi connectivity index (χ0) is 15.4. The molecule has 0 aliphatic heterocycles. The van der Waals surface area contributed by atoms with Crippen LogP contribution < -0.4 is 10.3 Å².